The number of carboxylic acids is 1. The van der Waals surface area contributed by atoms with Crippen LogP contribution in [0.15, 0.2) is 70.7 Å². The highest BCUT2D eigenvalue weighted by atomic mass is 79.9. The second-order valence-corrected chi connectivity index (χ2v) is 7.95. The molecule has 9 heteroatoms. The van der Waals surface area contributed by atoms with Crippen molar-refractivity contribution in [1.82, 2.24) is 0 Å². The van der Waals surface area contributed by atoms with E-state index in [0.29, 0.717) is 32.7 Å². The molecule has 3 rings (SSSR count). The van der Waals surface area contributed by atoms with Crippen LogP contribution < -0.4 is 14.8 Å². The van der Waals surface area contributed by atoms with Gasteiger partial charge in [-0.25, -0.2) is 4.79 Å². The van der Waals surface area contributed by atoms with Crippen LogP contribution in [-0.4, -0.2) is 24.1 Å². The lowest BCUT2D eigenvalue weighted by atomic mass is 10.1. The summed E-state index contributed by atoms with van der Waals surface area (Å²) in [6, 6.07) is 20.0. The van der Waals surface area contributed by atoms with Gasteiger partial charge in [0.1, 0.15) is 18.2 Å². The number of rotatable bonds is 8. The van der Waals surface area contributed by atoms with Crippen LogP contribution in [0.1, 0.15) is 27.0 Å². The number of hydrogen-bond donors (Lipinski definition) is 2. The van der Waals surface area contributed by atoms with Crippen molar-refractivity contribution in [3.8, 4) is 23.6 Å². The number of methoxy groups -OCH3 is 1. The Hall–Kier alpha value is -4.60. The molecule has 0 heterocycles. The molecule has 174 valence electrons. The number of nitriles is 2. The van der Waals surface area contributed by atoms with E-state index in [4.69, 9.17) is 14.6 Å². The van der Waals surface area contributed by atoms with E-state index in [2.05, 4.69) is 27.3 Å². The average Bonchev–Trinajstić information content (AvgIpc) is 2.86. The van der Waals surface area contributed by atoms with Crippen LogP contribution in [0.5, 0.6) is 11.5 Å². The summed E-state index contributed by atoms with van der Waals surface area (Å²) >= 11 is 3.43. The van der Waals surface area contributed by atoms with E-state index in [9.17, 15) is 20.1 Å². The number of carbonyl (C=O) groups is 2. The lowest BCUT2D eigenvalue weighted by Crippen LogP contribution is -2.14. The molecule has 0 atom stereocenters. The van der Waals surface area contributed by atoms with Crippen molar-refractivity contribution >= 4 is 39.6 Å². The zero-order chi connectivity index (χ0) is 25.4. The summed E-state index contributed by atoms with van der Waals surface area (Å²) in [5.74, 6) is -1.07. The van der Waals surface area contributed by atoms with Crippen molar-refractivity contribution in [1.29, 1.82) is 10.5 Å². The molecule has 0 fully saturated rings. The number of nitrogens with one attached hydrogen (secondary N) is 1. The highest BCUT2D eigenvalue weighted by molar-refractivity contribution is 9.10. The maximum Gasteiger partial charge on any atom is 0.335 e. The molecule has 0 radical (unpaired) electrons. The summed E-state index contributed by atoms with van der Waals surface area (Å²) in [6.07, 6.45) is 1.37. The van der Waals surface area contributed by atoms with Crippen molar-refractivity contribution in [2.45, 2.75) is 6.61 Å². The SMILES string of the molecule is COc1cc(/C=C(/C#N)C(=O)Nc2cccc(C(=O)O)c2)c(Br)cc1OCc1ccccc1C#N. The van der Waals surface area contributed by atoms with Gasteiger partial charge in [-0.2, -0.15) is 10.5 Å². The lowest BCUT2D eigenvalue weighted by molar-refractivity contribution is -0.112. The van der Waals surface area contributed by atoms with E-state index >= 15 is 0 Å². The van der Waals surface area contributed by atoms with Gasteiger partial charge in [0.05, 0.1) is 24.3 Å². The normalized spacial score (nSPS) is 10.6. The molecule has 0 saturated heterocycles. The van der Waals surface area contributed by atoms with E-state index in [1.807, 2.05) is 12.1 Å². The number of anilines is 1. The highest BCUT2D eigenvalue weighted by Crippen LogP contribution is 2.35. The highest BCUT2D eigenvalue weighted by Gasteiger charge is 2.15. The number of ether oxygens (including phenoxy) is 2. The number of hydrogen-bond acceptors (Lipinski definition) is 6. The molecule has 0 saturated carbocycles. The number of halogens is 1. The van der Waals surface area contributed by atoms with Gasteiger partial charge in [-0.3, -0.25) is 4.79 Å². The van der Waals surface area contributed by atoms with E-state index in [-0.39, 0.29) is 23.4 Å². The Kier molecular flexibility index (Phi) is 8.23. The van der Waals surface area contributed by atoms with Crippen molar-refractivity contribution in [3.63, 3.8) is 0 Å². The molecule has 0 aliphatic rings. The summed E-state index contributed by atoms with van der Waals surface area (Å²) < 4.78 is 11.8. The van der Waals surface area contributed by atoms with Crippen molar-refractivity contribution in [2.75, 3.05) is 12.4 Å². The van der Waals surface area contributed by atoms with Gasteiger partial charge in [-0.1, -0.05) is 40.2 Å². The van der Waals surface area contributed by atoms with E-state index in [1.165, 1.54) is 37.5 Å². The third-order valence-electron chi connectivity index (χ3n) is 4.84. The molecule has 2 N–H and O–H groups in total. The average molecular weight is 532 g/mol. The van der Waals surface area contributed by atoms with Crippen LogP contribution in [0.2, 0.25) is 0 Å². The first kappa shape index (κ1) is 25.0. The van der Waals surface area contributed by atoms with Crippen LogP contribution in [0.25, 0.3) is 6.08 Å². The van der Waals surface area contributed by atoms with Crippen molar-refractivity contribution in [2.24, 2.45) is 0 Å². The van der Waals surface area contributed by atoms with Gasteiger partial charge in [0.25, 0.3) is 5.91 Å². The van der Waals surface area contributed by atoms with Crippen LogP contribution in [0.3, 0.4) is 0 Å². The molecule has 3 aromatic carbocycles. The van der Waals surface area contributed by atoms with Crippen LogP contribution in [-0.2, 0) is 11.4 Å². The molecule has 1 amide bonds. The molecule has 0 spiro atoms. The fraction of sp³-hybridized carbons (Fsp3) is 0.0769. The Balaban J connectivity index is 1.84. The number of carboxylic acid groups (broad SMARTS) is 1. The van der Waals surface area contributed by atoms with Crippen molar-refractivity contribution in [3.05, 3.63) is 93.0 Å². The molecule has 3 aromatic rings. The standard InChI is InChI=1S/C26H18BrN3O5/c1-34-23-11-19(22(27)12-24(23)35-15-18-6-3-2-5-17(18)13-28)9-20(14-29)25(31)30-21-8-4-7-16(10-21)26(32)33/h2-12H,15H2,1H3,(H,30,31)(H,32,33)/b20-9-. The van der Waals surface area contributed by atoms with Gasteiger partial charge in [0.15, 0.2) is 11.5 Å². The lowest BCUT2D eigenvalue weighted by Gasteiger charge is -2.13. The van der Waals surface area contributed by atoms with Gasteiger partial charge in [0.2, 0.25) is 0 Å². The largest absolute Gasteiger partial charge is 0.493 e. The van der Waals surface area contributed by atoms with Gasteiger partial charge < -0.3 is 19.9 Å². The van der Waals surface area contributed by atoms with Crippen LogP contribution in [0.4, 0.5) is 5.69 Å². The zero-order valence-electron chi connectivity index (χ0n) is 18.4. The first-order valence-corrected chi connectivity index (χ1v) is 10.9. The fourth-order valence-electron chi connectivity index (χ4n) is 3.08. The first-order valence-electron chi connectivity index (χ1n) is 10.1. The van der Waals surface area contributed by atoms with E-state index in [1.54, 1.807) is 30.3 Å². The van der Waals surface area contributed by atoms with Gasteiger partial charge in [-0.05, 0) is 48.0 Å². The number of nitrogens with zero attached hydrogens (tertiary/aromatic N) is 2. The Morgan fingerprint density at radius 1 is 1.09 bits per heavy atom. The fourth-order valence-corrected chi connectivity index (χ4v) is 3.51. The number of carbonyl (C=O) groups excluding carboxylic acids is 1. The predicted octanol–water partition coefficient (Wildman–Crippen LogP) is 5.15. The molecule has 0 aliphatic heterocycles. The third kappa shape index (κ3) is 6.26. The quantitative estimate of drug-likeness (QED) is 0.303. The Labute approximate surface area is 209 Å². The predicted molar refractivity (Wildman–Crippen MR) is 132 cm³/mol. The van der Waals surface area contributed by atoms with E-state index in [0.717, 1.165) is 0 Å². The zero-order valence-corrected chi connectivity index (χ0v) is 20.0. The topological polar surface area (TPSA) is 132 Å². The summed E-state index contributed by atoms with van der Waals surface area (Å²) in [4.78, 5) is 23.8. The van der Waals surface area contributed by atoms with Gasteiger partial charge in [-0.15, -0.1) is 0 Å². The minimum atomic E-state index is -1.13. The van der Waals surface area contributed by atoms with Crippen LogP contribution in [0, 0.1) is 22.7 Å². The second kappa shape index (κ2) is 11.5. The molecule has 0 unspecified atom stereocenters. The second-order valence-electron chi connectivity index (χ2n) is 7.09. The molecule has 0 aliphatic carbocycles. The Bertz CT molecular complexity index is 1400. The summed E-state index contributed by atoms with van der Waals surface area (Å²) in [7, 11) is 1.46. The first-order chi connectivity index (χ1) is 16.9. The summed E-state index contributed by atoms with van der Waals surface area (Å²) in [5.41, 5.74) is 1.75. The molecule has 0 aromatic heterocycles. The molecular formula is C26H18BrN3O5. The van der Waals surface area contributed by atoms with Gasteiger partial charge >= 0.3 is 5.97 Å². The molecule has 35 heavy (non-hydrogen) atoms. The van der Waals surface area contributed by atoms with Gasteiger partial charge in [0, 0.05) is 15.7 Å². The Morgan fingerprint density at radius 2 is 1.86 bits per heavy atom. The van der Waals surface area contributed by atoms with Crippen molar-refractivity contribution < 1.29 is 24.2 Å². The van der Waals surface area contributed by atoms with Crippen LogP contribution >= 0.6 is 15.9 Å². The van der Waals surface area contributed by atoms with E-state index < -0.39 is 11.9 Å². The minimum absolute atomic E-state index is 0.00532. The molecule has 8 nitrogen and oxygen atoms in total. The molecular weight excluding hydrogens is 514 g/mol. The smallest absolute Gasteiger partial charge is 0.335 e. The number of amides is 1. The number of benzene rings is 3. The maximum atomic E-state index is 12.6. The minimum Gasteiger partial charge on any atom is -0.493 e. The molecule has 0 bridgehead atoms. The maximum absolute atomic E-state index is 12.6. The summed E-state index contributed by atoms with van der Waals surface area (Å²) in [5, 5.41) is 30.4. The summed E-state index contributed by atoms with van der Waals surface area (Å²) in [6.45, 7) is 0.142. The third-order valence-corrected chi connectivity index (χ3v) is 5.52. The monoisotopic (exact) mass is 531 g/mol. The number of aromatic carboxylic acids is 1. The Morgan fingerprint density at radius 3 is 2.54 bits per heavy atom.